The highest BCUT2D eigenvalue weighted by Crippen LogP contribution is 2.22. The van der Waals surface area contributed by atoms with Crippen LogP contribution in [-0.4, -0.2) is 20.8 Å². The molecule has 0 bridgehead atoms. The van der Waals surface area contributed by atoms with E-state index >= 15 is 0 Å². The van der Waals surface area contributed by atoms with E-state index in [1.165, 1.54) is 0 Å². The Hall–Kier alpha value is -0.450. The standard InChI is InChI=1S/C9H10Cl2O3S/c1-7-2-3-8(10)6-9(7)14-4-5-15(11,12)13/h2-3,6H,4-5H2,1H3. The largest absolute Gasteiger partial charge is 0.492 e. The highest BCUT2D eigenvalue weighted by atomic mass is 35.7. The summed E-state index contributed by atoms with van der Waals surface area (Å²) in [6.07, 6.45) is 0. The molecule has 84 valence electrons. The molecule has 0 aromatic heterocycles. The second-order valence-corrected chi connectivity index (χ2v) is 6.33. The van der Waals surface area contributed by atoms with Crippen LogP contribution in [0.4, 0.5) is 0 Å². The number of ether oxygens (including phenoxy) is 1. The molecule has 1 aromatic carbocycles. The van der Waals surface area contributed by atoms with Crippen molar-refractivity contribution in [2.24, 2.45) is 0 Å². The molecule has 0 saturated heterocycles. The lowest BCUT2D eigenvalue weighted by atomic mass is 10.2. The summed E-state index contributed by atoms with van der Waals surface area (Å²) >= 11 is 5.76. The van der Waals surface area contributed by atoms with Crippen molar-refractivity contribution in [3.63, 3.8) is 0 Å². The molecule has 0 spiro atoms. The molecule has 0 fully saturated rings. The van der Waals surface area contributed by atoms with Crippen LogP contribution in [0.15, 0.2) is 18.2 Å². The van der Waals surface area contributed by atoms with Gasteiger partial charge in [-0.05, 0) is 24.6 Å². The van der Waals surface area contributed by atoms with Crippen molar-refractivity contribution in [3.8, 4) is 5.75 Å². The van der Waals surface area contributed by atoms with E-state index in [1.54, 1.807) is 18.2 Å². The summed E-state index contributed by atoms with van der Waals surface area (Å²) in [5.74, 6) is 0.350. The molecule has 0 saturated carbocycles. The summed E-state index contributed by atoms with van der Waals surface area (Å²) in [7, 11) is 1.53. The number of halogens is 2. The summed E-state index contributed by atoms with van der Waals surface area (Å²) in [6, 6.07) is 5.17. The van der Waals surface area contributed by atoms with E-state index in [0.29, 0.717) is 10.8 Å². The van der Waals surface area contributed by atoms with Gasteiger partial charge in [-0.15, -0.1) is 0 Å². The minimum atomic E-state index is -3.50. The first-order valence-corrected chi connectivity index (χ1v) is 7.05. The van der Waals surface area contributed by atoms with Gasteiger partial charge in [-0.1, -0.05) is 17.7 Å². The highest BCUT2D eigenvalue weighted by molar-refractivity contribution is 8.13. The van der Waals surface area contributed by atoms with Crippen LogP contribution in [0.5, 0.6) is 5.75 Å². The fourth-order valence-corrected chi connectivity index (χ4v) is 1.61. The monoisotopic (exact) mass is 268 g/mol. The Balaban J connectivity index is 2.61. The van der Waals surface area contributed by atoms with E-state index in [2.05, 4.69) is 0 Å². The zero-order chi connectivity index (χ0) is 11.5. The van der Waals surface area contributed by atoms with Gasteiger partial charge in [-0.25, -0.2) is 8.42 Å². The molecule has 0 unspecified atom stereocenters. The zero-order valence-corrected chi connectivity index (χ0v) is 10.4. The second-order valence-electron chi connectivity index (χ2n) is 3.00. The first-order chi connectivity index (χ1) is 6.88. The summed E-state index contributed by atoms with van der Waals surface area (Å²) in [6.45, 7) is 1.87. The average Bonchev–Trinajstić information content (AvgIpc) is 2.09. The minimum absolute atomic E-state index is 0.0208. The molecule has 1 aromatic rings. The van der Waals surface area contributed by atoms with Crippen LogP contribution in [0.25, 0.3) is 0 Å². The van der Waals surface area contributed by atoms with Crippen molar-refractivity contribution >= 4 is 31.3 Å². The van der Waals surface area contributed by atoms with Crippen molar-refractivity contribution < 1.29 is 13.2 Å². The Kier molecular flexibility index (Phi) is 4.25. The van der Waals surface area contributed by atoms with E-state index in [-0.39, 0.29) is 12.4 Å². The first kappa shape index (κ1) is 12.6. The molecular weight excluding hydrogens is 259 g/mol. The molecule has 0 N–H and O–H groups in total. The predicted octanol–water partition coefficient (Wildman–Crippen LogP) is 2.60. The zero-order valence-electron chi connectivity index (χ0n) is 8.04. The maximum Gasteiger partial charge on any atom is 0.235 e. The lowest BCUT2D eigenvalue weighted by Gasteiger charge is -2.08. The summed E-state index contributed by atoms with van der Waals surface area (Å²) in [4.78, 5) is 0. The molecule has 1 rings (SSSR count). The highest BCUT2D eigenvalue weighted by Gasteiger charge is 2.06. The Morgan fingerprint density at radius 1 is 1.40 bits per heavy atom. The Labute approximate surface area is 98.4 Å². The quantitative estimate of drug-likeness (QED) is 0.789. The summed E-state index contributed by atoms with van der Waals surface area (Å²) in [5, 5.41) is 0.546. The molecule has 0 aliphatic carbocycles. The van der Waals surface area contributed by atoms with Crippen LogP contribution in [0.2, 0.25) is 5.02 Å². The van der Waals surface area contributed by atoms with E-state index < -0.39 is 9.05 Å². The second kappa shape index (κ2) is 5.05. The maximum atomic E-state index is 10.6. The van der Waals surface area contributed by atoms with Crippen LogP contribution < -0.4 is 4.74 Å². The molecule has 6 heteroatoms. The molecule has 3 nitrogen and oxygen atoms in total. The smallest absolute Gasteiger partial charge is 0.235 e. The van der Waals surface area contributed by atoms with Gasteiger partial charge in [-0.2, -0.15) is 0 Å². The van der Waals surface area contributed by atoms with Crippen LogP contribution in [0.1, 0.15) is 5.56 Å². The van der Waals surface area contributed by atoms with Crippen LogP contribution >= 0.6 is 22.3 Å². The van der Waals surface area contributed by atoms with E-state index in [0.717, 1.165) is 5.56 Å². The van der Waals surface area contributed by atoms with Gasteiger partial charge in [0.05, 0.1) is 5.75 Å². The Morgan fingerprint density at radius 2 is 2.07 bits per heavy atom. The molecule has 0 aliphatic rings. The molecule has 0 amide bonds. The van der Waals surface area contributed by atoms with Gasteiger partial charge < -0.3 is 4.74 Å². The third-order valence-corrected chi connectivity index (χ3v) is 3.09. The first-order valence-electron chi connectivity index (χ1n) is 4.20. The van der Waals surface area contributed by atoms with E-state index in [9.17, 15) is 8.42 Å². The fraction of sp³-hybridized carbons (Fsp3) is 0.333. The van der Waals surface area contributed by atoms with E-state index in [1.807, 2.05) is 6.92 Å². The van der Waals surface area contributed by atoms with Crippen molar-refractivity contribution in [1.82, 2.24) is 0 Å². The van der Waals surface area contributed by atoms with Crippen LogP contribution in [0.3, 0.4) is 0 Å². The molecule has 0 aliphatic heterocycles. The lowest BCUT2D eigenvalue weighted by molar-refractivity contribution is 0.339. The van der Waals surface area contributed by atoms with Crippen LogP contribution in [-0.2, 0) is 9.05 Å². The molecule has 0 radical (unpaired) electrons. The third-order valence-electron chi connectivity index (χ3n) is 1.73. The number of hydrogen-bond donors (Lipinski definition) is 0. The molecular formula is C9H10Cl2O3S. The average molecular weight is 269 g/mol. The molecule has 15 heavy (non-hydrogen) atoms. The van der Waals surface area contributed by atoms with Gasteiger partial charge in [0.15, 0.2) is 0 Å². The van der Waals surface area contributed by atoms with Crippen molar-refractivity contribution in [2.75, 3.05) is 12.4 Å². The Bertz CT molecular complexity index is 443. The summed E-state index contributed by atoms with van der Waals surface area (Å²) < 4.78 is 26.5. The van der Waals surface area contributed by atoms with Crippen molar-refractivity contribution in [2.45, 2.75) is 6.92 Å². The SMILES string of the molecule is Cc1ccc(Cl)cc1OCCS(=O)(=O)Cl. The van der Waals surface area contributed by atoms with Crippen molar-refractivity contribution in [1.29, 1.82) is 0 Å². The van der Waals surface area contributed by atoms with Gasteiger partial charge in [-0.3, -0.25) is 0 Å². The number of benzene rings is 1. The van der Waals surface area contributed by atoms with Gasteiger partial charge in [0.1, 0.15) is 12.4 Å². The number of hydrogen-bond acceptors (Lipinski definition) is 3. The topological polar surface area (TPSA) is 43.4 Å². The number of rotatable bonds is 4. The predicted molar refractivity (Wildman–Crippen MR) is 61.3 cm³/mol. The third kappa shape index (κ3) is 4.73. The minimum Gasteiger partial charge on any atom is -0.492 e. The summed E-state index contributed by atoms with van der Waals surface area (Å²) in [5.41, 5.74) is 0.895. The van der Waals surface area contributed by atoms with E-state index in [4.69, 9.17) is 27.0 Å². The Morgan fingerprint density at radius 3 is 2.67 bits per heavy atom. The fourth-order valence-electron chi connectivity index (χ4n) is 0.981. The molecule has 0 heterocycles. The molecule has 0 atom stereocenters. The normalized spacial score (nSPS) is 11.4. The van der Waals surface area contributed by atoms with Gasteiger partial charge in [0.25, 0.3) is 0 Å². The van der Waals surface area contributed by atoms with Gasteiger partial charge in [0.2, 0.25) is 9.05 Å². The maximum absolute atomic E-state index is 10.6. The lowest BCUT2D eigenvalue weighted by Crippen LogP contribution is -2.09. The van der Waals surface area contributed by atoms with Crippen LogP contribution in [0, 0.1) is 6.92 Å². The van der Waals surface area contributed by atoms with Crippen molar-refractivity contribution in [3.05, 3.63) is 28.8 Å². The number of aryl methyl sites for hydroxylation is 1. The van der Waals surface area contributed by atoms with Gasteiger partial charge in [0, 0.05) is 15.7 Å². The van der Waals surface area contributed by atoms with Gasteiger partial charge >= 0.3 is 0 Å².